The molecule has 2 aromatic heterocycles. The minimum absolute atomic E-state index is 0.0123. The van der Waals surface area contributed by atoms with Crippen LogP contribution in [-0.4, -0.2) is 73.7 Å². The van der Waals surface area contributed by atoms with Crippen molar-refractivity contribution in [3.05, 3.63) is 147 Å². The first-order valence-corrected chi connectivity index (χ1v) is 25.9. The van der Waals surface area contributed by atoms with Crippen molar-refractivity contribution in [3.63, 3.8) is 0 Å². The number of carbonyl (C=O) groups is 5. The number of nitrogens with zero attached hydrogens (tertiary/aromatic N) is 6. The van der Waals surface area contributed by atoms with Gasteiger partial charge in [0.25, 0.3) is 11.8 Å². The maximum Gasteiger partial charge on any atom is 0.420 e. The molecule has 2 atom stereocenters. The summed E-state index contributed by atoms with van der Waals surface area (Å²) in [7, 11) is 0. The van der Waals surface area contributed by atoms with Gasteiger partial charge in [-0.2, -0.15) is 31.6 Å². The molecule has 3 N–H and O–H groups in total. The molecule has 416 valence electrons. The summed E-state index contributed by atoms with van der Waals surface area (Å²) in [6, 6.07) is 17.4. The van der Waals surface area contributed by atoms with Crippen LogP contribution >= 0.6 is 23.6 Å². The Hall–Kier alpha value is -8.17. The summed E-state index contributed by atoms with van der Waals surface area (Å²) < 4.78 is 117. The van der Waals surface area contributed by atoms with Crippen LogP contribution in [0.25, 0.3) is 21.7 Å². The number of amides is 5. The third-order valence-electron chi connectivity index (χ3n) is 13.6. The van der Waals surface area contributed by atoms with Crippen LogP contribution in [0.5, 0.6) is 0 Å². The summed E-state index contributed by atoms with van der Waals surface area (Å²) in [6.07, 6.45) is -8.83. The van der Waals surface area contributed by atoms with Crippen LogP contribution < -0.4 is 25.8 Å². The van der Waals surface area contributed by atoms with Gasteiger partial charge >= 0.3 is 12.4 Å². The molecule has 24 heteroatoms. The Morgan fingerprint density at radius 1 is 0.900 bits per heavy atom. The molecule has 2 fully saturated rings. The number of hydrogen-bond donors (Lipinski definition) is 3. The zero-order valence-electron chi connectivity index (χ0n) is 43.5. The lowest BCUT2D eigenvalue weighted by Gasteiger charge is -2.35. The standard InChI is InChI=1S/C56H49F8N9O5S2/c1-29-46(80-28-68-29)32-13-11-31(12-14-32)26-67-49(76)41-8-7-21-71(41)50(77)47(53(2,3)4)70-42(74)22-30-9-15-33(16-10-30)48(75)69-35-18-19-37(38(23-35)55(59,60)61)45-39(57)24-36(27-66-45)73-52(79)72(51(78)54(73,5)6)40-20-17-34(25-65)43(44(40)58)56(62,63)64/h9-20,23-24,27-28,41,47H,7-8,21-22,26H2,1-6H3,(H,67,76)(H,69,75)(H,70,74)/t41-,47+/m0/s1. The number of rotatable bonds is 13. The van der Waals surface area contributed by atoms with E-state index in [9.17, 15) is 55.6 Å². The SMILES string of the molecule is Cc1ncsc1-c1ccc(CNC(=O)[C@@H]2CCCN2C(=O)[C@@H](NC(=O)Cc2ccc(C(=O)Nc3ccc(-c4ncc(N5C(=S)N(c6ccc(C#N)c(C(F)(F)F)c6F)C(=O)C5(C)C)cc4F)c(C(F)(F)F)c3)cc2)C(C)(C)C)cc1. The summed E-state index contributed by atoms with van der Waals surface area (Å²) in [5.41, 5.74) is -5.25. The van der Waals surface area contributed by atoms with Gasteiger partial charge in [-0.05, 0) is 104 Å². The van der Waals surface area contributed by atoms with Crippen molar-refractivity contribution in [1.82, 2.24) is 25.5 Å². The minimum Gasteiger partial charge on any atom is -0.350 e. The third kappa shape index (κ3) is 11.7. The first-order chi connectivity index (χ1) is 37.5. The number of aryl methyl sites for hydroxylation is 1. The number of halogens is 8. The smallest absolute Gasteiger partial charge is 0.350 e. The van der Waals surface area contributed by atoms with Gasteiger partial charge in [0, 0.05) is 36.0 Å². The Bertz CT molecular complexity index is 3500. The summed E-state index contributed by atoms with van der Waals surface area (Å²) in [5.74, 6) is -6.50. The van der Waals surface area contributed by atoms with E-state index in [0.717, 1.165) is 51.0 Å². The van der Waals surface area contributed by atoms with Crippen molar-refractivity contribution < 1.29 is 59.1 Å². The minimum atomic E-state index is -5.35. The lowest BCUT2D eigenvalue weighted by atomic mass is 9.85. The lowest BCUT2D eigenvalue weighted by molar-refractivity contribution is -0.143. The molecule has 2 aliphatic rings. The van der Waals surface area contributed by atoms with Crippen LogP contribution in [0.15, 0.2) is 96.6 Å². The van der Waals surface area contributed by atoms with E-state index < -0.39 is 109 Å². The maximum atomic E-state index is 16.1. The second kappa shape index (κ2) is 22.2. The lowest BCUT2D eigenvalue weighted by Crippen LogP contribution is -2.57. The molecule has 0 unspecified atom stereocenters. The van der Waals surface area contributed by atoms with Crippen LogP contribution in [0.1, 0.15) is 91.3 Å². The van der Waals surface area contributed by atoms with Crippen molar-refractivity contribution in [3.8, 4) is 27.8 Å². The molecule has 8 rings (SSSR count). The highest BCUT2D eigenvalue weighted by Gasteiger charge is 2.52. The number of nitriles is 1. The van der Waals surface area contributed by atoms with Gasteiger partial charge in [-0.3, -0.25) is 33.9 Å². The first-order valence-electron chi connectivity index (χ1n) is 24.6. The molecule has 2 saturated heterocycles. The molecule has 0 radical (unpaired) electrons. The van der Waals surface area contributed by atoms with Gasteiger partial charge in [-0.25, -0.2) is 13.8 Å². The summed E-state index contributed by atoms with van der Waals surface area (Å²) in [6.45, 7) is 10.3. The van der Waals surface area contributed by atoms with E-state index in [-0.39, 0.29) is 35.8 Å². The molecule has 6 aromatic rings. The highest BCUT2D eigenvalue weighted by molar-refractivity contribution is 7.81. The largest absolute Gasteiger partial charge is 0.420 e. The predicted octanol–water partition coefficient (Wildman–Crippen LogP) is 10.9. The van der Waals surface area contributed by atoms with Crippen LogP contribution in [0, 0.1) is 35.3 Å². The van der Waals surface area contributed by atoms with Crippen LogP contribution in [0.3, 0.4) is 0 Å². The molecule has 0 aliphatic carbocycles. The number of hydrogen-bond acceptors (Lipinski definition) is 10. The number of thiazole rings is 1. The molecule has 14 nitrogen and oxygen atoms in total. The zero-order chi connectivity index (χ0) is 58.4. The summed E-state index contributed by atoms with van der Waals surface area (Å²) in [4.78, 5) is 80.3. The van der Waals surface area contributed by atoms with Crippen molar-refractivity contribution in [2.75, 3.05) is 21.7 Å². The number of aromatic nitrogens is 2. The number of nitrogens with one attached hydrogen (secondary N) is 3. The van der Waals surface area contributed by atoms with Gasteiger partial charge in [0.05, 0.1) is 57.3 Å². The zero-order valence-corrected chi connectivity index (χ0v) is 45.1. The van der Waals surface area contributed by atoms with Gasteiger partial charge in [-0.1, -0.05) is 63.2 Å². The number of thiocarbonyl (C=S) groups is 1. The second-order valence-electron chi connectivity index (χ2n) is 20.6. The number of carbonyl (C=O) groups excluding carboxylic acids is 5. The number of pyridine rings is 1. The maximum absolute atomic E-state index is 16.1. The number of benzene rings is 4. The molecular formula is C56H49F8N9O5S2. The highest BCUT2D eigenvalue weighted by Crippen LogP contribution is 2.44. The van der Waals surface area contributed by atoms with E-state index in [1.165, 1.54) is 60.4 Å². The Morgan fingerprint density at radius 2 is 1.57 bits per heavy atom. The van der Waals surface area contributed by atoms with Crippen molar-refractivity contribution >= 4 is 75.3 Å². The quantitative estimate of drug-likeness (QED) is 0.0744. The van der Waals surface area contributed by atoms with Crippen molar-refractivity contribution in [2.45, 2.75) is 97.3 Å². The molecule has 5 amide bonds. The average molecular weight is 1140 g/mol. The third-order valence-corrected chi connectivity index (χ3v) is 15.0. The van der Waals surface area contributed by atoms with E-state index in [4.69, 9.17) is 12.2 Å². The monoisotopic (exact) mass is 1140 g/mol. The van der Waals surface area contributed by atoms with Crippen LogP contribution in [-0.2, 0) is 44.5 Å². The molecule has 4 heterocycles. The molecule has 0 spiro atoms. The van der Waals surface area contributed by atoms with Crippen LogP contribution in [0.4, 0.5) is 52.2 Å². The topological polar surface area (TPSA) is 181 Å². The molecule has 4 aromatic carbocycles. The van der Waals surface area contributed by atoms with Crippen molar-refractivity contribution in [2.24, 2.45) is 5.41 Å². The molecule has 80 heavy (non-hydrogen) atoms. The van der Waals surface area contributed by atoms with Gasteiger partial charge in [0.1, 0.15) is 28.9 Å². The fraction of sp³-hybridized carbons (Fsp3) is 0.304. The number of likely N-dealkylation sites (tertiary alicyclic amines) is 1. The van der Waals surface area contributed by atoms with Gasteiger partial charge < -0.3 is 25.8 Å². The van der Waals surface area contributed by atoms with Crippen LogP contribution in [0.2, 0.25) is 0 Å². The van der Waals surface area contributed by atoms with E-state index in [0.29, 0.717) is 48.0 Å². The second-order valence-corrected chi connectivity index (χ2v) is 21.8. The van der Waals surface area contributed by atoms with Gasteiger partial charge in [0.15, 0.2) is 16.7 Å². The number of alkyl halides is 6. The normalized spacial score (nSPS) is 15.9. The number of anilines is 3. The molecule has 0 saturated carbocycles. The van der Waals surface area contributed by atoms with E-state index in [1.807, 2.05) is 31.2 Å². The van der Waals surface area contributed by atoms with Crippen molar-refractivity contribution in [1.29, 1.82) is 5.26 Å². The van der Waals surface area contributed by atoms with Gasteiger partial charge in [-0.15, -0.1) is 11.3 Å². The van der Waals surface area contributed by atoms with E-state index in [2.05, 4.69) is 25.9 Å². The highest BCUT2D eigenvalue weighted by atomic mass is 32.1. The predicted molar refractivity (Wildman–Crippen MR) is 286 cm³/mol. The Kier molecular flexibility index (Phi) is 16.1. The summed E-state index contributed by atoms with van der Waals surface area (Å²) >= 11 is 6.92. The molecule has 2 aliphatic heterocycles. The Labute approximate surface area is 462 Å². The molecule has 0 bridgehead atoms. The Balaban J connectivity index is 0.909. The molecular weight excluding hydrogens is 1090 g/mol. The van der Waals surface area contributed by atoms with E-state index >= 15 is 8.78 Å². The summed E-state index contributed by atoms with van der Waals surface area (Å²) in [5, 5.41) is 16.7. The fourth-order valence-corrected chi connectivity index (χ4v) is 10.8. The Morgan fingerprint density at radius 3 is 2.17 bits per heavy atom. The van der Waals surface area contributed by atoms with E-state index in [1.54, 1.807) is 26.3 Å². The average Bonchev–Trinajstić information content (AvgIpc) is 4.30. The fourth-order valence-electron chi connectivity index (χ4n) is 9.51. The first kappa shape index (κ1) is 58.0. The van der Waals surface area contributed by atoms with Gasteiger partial charge in [0.2, 0.25) is 17.7 Å².